The molecule has 0 fully saturated rings. The molecule has 1 aromatic heterocycles. The summed E-state index contributed by atoms with van der Waals surface area (Å²) in [6.07, 6.45) is 5.08. The van der Waals surface area contributed by atoms with Gasteiger partial charge in [-0.25, -0.2) is 4.98 Å². The van der Waals surface area contributed by atoms with E-state index in [1.807, 2.05) is 25.4 Å². The summed E-state index contributed by atoms with van der Waals surface area (Å²) in [5, 5.41) is 3.10. The highest BCUT2D eigenvalue weighted by molar-refractivity contribution is 7.10. The summed E-state index contributed by atoms with van der Waals surface area (Å²) in [7, 11) is 0. The predicted molar refractivity (Wildman–Crippen MR) is 116 cm³/mol. The fourth-order valence-corrected chi connectivity index (χ4v) is 2.88. The summed E-state index contributed by atoms with van der Waals surface area (Å²) in [6.45, 7) is 20.9. The maximum atomic E-state index is 4.36. The van der Waals surface area contributed by atoms with E-state index in [4.69, 9.17) is 0 Å². The van der Waals surface area contributed by atoms with E-state index in [1.54, 1.807) is 11.3 Å². The molecule has 0 spiro atoms. The van der Waals surface area contributed by atoms with Crippen molar-refractivity contribution in [3.63, 3.8) is 0 Å². The minimum absolute atomic E-state index is 0.314. The van der Waals surface area contributed by atoms with E-state index in [9.17, 15) is 0 Å². The zero-order valence-corrected chi connectivity index (χ0v) is 18.1. The van der Waals surface area contributed by atoms with Gasteiger partial charge in [0.2, 0.25) is 0 Å². The van der Waals surface area contributed by atoms with Crippen molar-refractivity contribution in [1.29, 1.82) is 0 Å². The van der Waals surface area contributed by atoms with Crippen molar-refractivity contribution >= 4 is 16.9 Å². The topological polar surface area (TPSA) is 12.9 Å². The van der Waals surface area contributed by atoms with Crippen LogP contribution in [0.3, 0.4) is 0 Å². The number of hydrogen-bond donors (Lipinski definition) is 0. The van der Waals surface area contributed by atoms with Gasteiger partial charge in [0.1, 0.15) is 5.01 Å². The third-order valence-corrected chi connectivity index (χ3v) is 4.68. The fraction of sp³-hybridized carbons (Fsp3) is 0.435. The third kappa shape index (κ3) is 7.83. The van der Waals surface area contributed by atoms with Gasteiger partial charge < -0.3 is 0 Å². The molecule has 0 saturated heterocycles. The summed E-state index contributed by atoms with van der Waals surface area (Å²) in [5.74, 6) is 0. The first-order chi connectivity index (χ1) is 11.8. The van der Waals surface area contributed by atoms with Crippen LogP contribution in [0.25, 0.3) is 5.57 Å². The summed E-state index contributed by atoms with van der Waals surface area (Å²) in [4.78, 5) is 4.36. The molecule has 0 aliphatic carbocycles. The molecule has 0 unspecified atom stereocenters. The van der Waals surface area contributed by atoms with Crippen LogP contribution in [0.1, 0.15) is 71.0 Å². The second kappa shape index (κ2) is 11.8. The summed E-state index contributed by atoms with van der Waals surface area (Å²) in [6, 6.07) is 8.41. The van der Waals surface area contributed by atoms with E-state index in [-0.39, 0.29) is 0 Å². The SMILES string of the molecule is C/C=C(/c1nccs1)c1ccccc1C.C=C(CC)C(C)(C)C.CC. The Morgan fingerprint density at radius 2 is 1.80 bits per heavy atom. The van der Waals surface area contributed by atoms with Crippen LogP contribution >= 0.6 is 11.3 Å². The molecule has 0 amide bonds. The highest BCUT2D eigenvalue weighted by atomic mass is 32.1. The zero-order valence-electron chi connectivity index (χ0n) is 17.3. The van der Waals surface area contributed by atoms with E-state index in [0.717, 1.165) is 11.4 Å². The Morgan fingerprint density at radius 3 is 2.16 bits per heavy atom. The maximum Gasteiger partial charge on any atom is 0.123 e. The average Bonchev–Trinajstić information content (AvgIpc) is 3.12. The molecule has 1 aromatic carbocycles. The minimum atomic E-state index is 0.314. The van der Waals surface area contributed by atoms with E-state index in [2.05, 4.69) is 83.4 Å². The molecule has 0 aliphatic heterocycles. The van der Waals surface area contributed by atoms with Crippen molar-refractivity contribution in [3.05, 3.63) is 70.2 Å². The van der Waals surface area contributed by atoms with Crippen LogP contribution in [-0.2, 0) is 0 Å². The van der Waals surface area contributed by atoms with E-state index in [1.165, 1.54) is 22.3 Å². The average molecular weight is 358 g/mol. The van der Waals surface area contributed by atoms with Crippen LogP contribution in [0.2, 0.25) is 0 Å². The minimum Gasteiger partial charge on any atom is -0.245 e. The quantitative estimate of drug-likeness (QED) is 0.508. The van der Waals surface area contributed by atoms with E-state index >= 15 is 0 Å². The molecule has 2 heteroatoms. The van der Waals surface area contributed by atoms with Gasteiger partial charge >= 0.3 is 0 Å². The first-order valence-electron chi connectivity index (χ1n) is 9.11. The number of hydrogen-bond acceptors (Lipinski definition) is 2. The van der Waals surface area contributed by atoms with Crippen LogP contribution in [0.4, 0.5) is 0 Å². The Morgan fingerprint density at radius 1 is 1.20 bits per heavy atom. The number of thiazole rings is 1. The van der Waals surface area contributed by atoms with Crippen molar-refractivity contribution in [3.8, 4) is 0 Å². The monoisotopic (exact) mass is 357 g/mol. The lowest BCUT2D eigenvalue weighted by Gasteiger charge is -2.19. The first kappa shape index (κ1) is 23.3. The number of rotatable bonds is 3. The maximum absolute atomic E-state index is 4.36. The molecule has 0 bridgehead atoms. The zero-order chi connectivity index (χ0) is 19.5. The predicted octanol–water partition coefficient (Wildman–Crippen LogP) is 7.93. The molecule has 1 heterocycles. The lowest BCUT2D eigenvalue weighted by atomic mass is 9.86. The van der Waals surface area contributed by atoms with Crippen LogP contribution in [0.15, 0.2) is 54.1 Å². The molecule has 2 rings (SSSR count). The van der Waals surface area contributed by atoms with E-state index < -0.39 is 0 Å². The Balaban J connectivity index is 0.000000493. The molecular weight excluding hydrogens is 322 g/mol. The second-order valence-corrected chi connectivity index (χ2v) is 7.46. The smallest absolute Gasteiger partial charge is 0.123 e. The van der Waals surface area contributed by atoms with Crippen LogP contribution in [-0.4, -0.2) is 4.98 Å². The Labute approximate surface area is 159 Å². The van der Waals surface area contributed by atoms with Gasteiger partial charge in [-0.2, -0.15) is 0 Å². The molecule has 25 heavy (non-hydrogen) atoms. The highest BCUT2D eigenvalue weighted by Gasteiger charge is 2.11. The molecule has 0 atom stereocenters. The number of benzene rings is 1. The number of aryl methyl sites for hydroxylation is 1. The van der Waals surface area contributed by atoms with Crippen LogP contribution < -0.4 is 0 Å². The van der Waals surface area contributed by atoms with Gasteiger partial charge in [-0.3, -0.25) is 0 Å². The molecule has 1 nitrogen and oxygen atoms in total. The van der Waals surface area contributed by atoms with Crippen LogP contribution in [0.5, 0.6) is 0 Å². The normalized spacial score (nSPS) is 11.0. The summed E-state index contributed by atoms with van der Waals surface area (Å²) in [5.41, 5.74) is 5.44. The van der Waals surface area contributed by atoms with Crippen molar-refractivity contribution in [2.45, 2.75) is 61.8 Å². The number of allylic oxidation sites excluding steroid dienone is 2. The molecule has 138 valence electrons. The standard InChI is InChI=1S/C13H13NS.C8H16.C2H6/c1-3-11(13-14-8-9-15-13)12-7-5-4-6-10(12)2;1-6-7(2)8(3,4)5;1-2/h3-9H,1-2H3;2,6H2,1,3-5H3;1-2H3/b11-3+;;. The highest BCUT2D eigenvalue weighted by Crippen LogP contribution is 2.27. The van der Waals surface area contributed by atoms with Gasteiger partial charge in [0.15, 0.2) is 0 Å². The van der Waals surface area contributed by atoms with Gasteiger partial charge in [0.05, 0.1) is 0 Å². The summed E-state index contributed by atoms with van der Waals surface area (Å²) >= 11 is 1.68. The molecule has 0 saturated carbocycles. The molecule has 0 radical (unpaired) electrons. The van der Waals surface area contributed by atoms with Crippen molar-refractivity contribution in [2.24, 2.45) is 5.41 Å². The molecule has 0 aliphatic rings. The lowest BCUT2D eigenvalue weighted by molar-refractivity contribution is 0.490. The lowest BCUT2D eigenvalue weighted by Crippen LogP contribution is -2.06. The van der Waals surface area contributed by atoms with Gasteiger partial charge in [0, 0.05) is 17.2 Å². The number of nitrogens with zero attached hydrogens (tertiary/aromatic N) is 1. The third-order valence-electron chi connectivity index (χ3n) is 3.87. The van der Waals surface area contributed by atoms with Gasteiger partial charge in [-0.1, -0.05) is 84.0 Å². The van der Waals surface area contributed by atoms with Crippen molar-refractivity contribution in [2.75, 3.05) is 0 Å². The Bertz CT molecular complexity index is 643. The number of aromatic nitrogens is 1. The molecular formula is C23H35NS. The van der Waals surface area contributed by atoms with Gasteiger partial charge in [-0.05, 0) is 36.8 Å². The van der Waals surface area contributed by atoms with Crippen molar-refractivity contribution < 1.29 is 0 Å². The first-order valence-corrected chi connectivity index (χ1v) is 9.99. The largest absolute Gasteiger partial charge is 0.245 e. The van der Waals surface area contributed by atoms with Crippen molar-refractivity contribution in [1.82, 2.24) is 4.98 Å². The van der Waals surface area contributed by atoms with E-state index in [0.29, 0.717) is 5.41 Å². The Kier molecular flexibility index (Phi) is 11.0. The second-order valence-electron chi connectivity index (χ2n) is 6.56. The Hall–Kier alpha value is -1.67. The molecule has 0 N–H and O–H groups in total. The van der Waals surface area contributed by atoms with Gasteiger partial charge in [0.25, 0.3) is 0 Å². The van der Waals surface area contributed by atoms with Crippen LogP contribution in [0, 0.1) is 12.3 Å². The van der Waals surface area contributed by atoms with Gasteiger partial charge in [-0.15, -0.1) is 11.3 Å². The fourth-order valence-electron chi connectivity index (χ4n) is 2.16. The summed E-state index contributed by atoms with van der Waals surface area (Å²) < 4.78 is 0. The molecule has 2 aromatic rings.